The Bertz CT molecular complexity index is 717. The van der Waals surface area contributed by atoms with E-state index in [-0.39, 0.29) is 22.1 Å². The summed E-state index contributed by atoms with van der Waals surface area (Å²) in [7, 11) is -3.94. The van der Waals surface area contributed by atoms with Crippen LogP contribution in [0, 0.1) is 5.82 Å². The van der Waals surface area contributed by atoms with E-state index >= 15 is 0 Å². The van der Waals surface area contributed by atoms with Crippen LogP contribution in [-0.4, -0.2) is 8.42 Å². The predicted octanol–water partition coefficient (Wildman–Crippen LogP) is 1.85. The van der Waals surface area contributed by atoms with E-state index in [1.807, 2.05) is 0 Å². The highest BCUT2D eigenvalue weighted by atomic mass is 32.2. The molecule has 0 fully saturated rings. The number of ether oxygens (including phenoxy) is 1. The highest BCUT2D eigenvalue weighted by molar-refractivity contribution is 7.89. The maximum absolute atomic E-state index is 13.0. The predicted molar refractivity (Wildman–Crippen MR) is 68.7 cm³/mol. The minimum Gasteiger partial charge on any atom is -0.455 e. The van der Waals surface area contributed by atoms with Crippen molar-refractivity contribution in [2.75, 3.05) is 5.73 Å². The van der Waals surface area contributed by atoms with Gasteiger partial charge < -0.3 is 10.5 Å². The average Bonchev–Trinajstić information content (AvgIpc) is 2.30. The summed E-state index contributed by atoms with van der Waals surface area (Å²) >= 11 is 0. The SMILES string of the molecule is Nc1c(Oc2cccc(F)c2)cccc1S(N)(=O)=O. The van der Waals surface area contributed by atoms with Crippen molar-refractivity contribution in [1.82, 2.24) is 0 Å². The van der Waals surface area contributed by atoms with Gasteiger partial charge in [-0.05, 0) is 24.3 Å². The summed E-state index contributed by atoms with van der Waals surface area (Å²) in [5.41, 5.74) is 5.56. The van der Waals surface area contributed by atoms with Gasteiger partial charge in [-0.2, -0.15) is 0 Å². The molecule has 0 atom stereocenters. The minimum atomic E-state index is -3.94. The largest absolute Gasteiger partial charge is 0.455 e. The molecule has 0 heterocycles. The molecular formula is C12H11FN2O3S. The first kappa shape index (κ1) is 13.3. The van der Waals surface area contributed by atoms with Gasteiger partial charge in [0.25, 0.3) is 0 Å². The van der Waals surface area contributed by atoms with Crippen molar-refractivity contribution < 1.29 is 17.5 Å². The van der Waals surface area contributed by atoms with E-state index in [1.54, 1.807) is 0 Å². The monoisotopic (exact) mass is 282 g/mol. The molecule has 0 spiro atoms. The number of benzene rings is 2. The normalized spacial score (nSPS) is 11.3. The zero-order chi connectivity index (χ0) is 14.0. The molecule has 0 aliphatic heterocycles. The first-order valence-electron chi connectivity index (χ1n) is 5.22. The van der Waals surface area contributed by atoms with Crippen molar-refractivity contribution in [3.63, 3.8) is 0 Å². The van der Waals surface area contributed by atoms with E-state index in [0.717, 1.165) is 6.07 Å². The van der Waals surface area contributed by atoms with E-state index in [4.69, 9.17) is 15.6 Å². The second-order valence-corrected chi connectivity index (χ2v) is 5.30. The van der Waals surface area contributed by atoms with Crippen LogP contribution in [0.25, 0.3) is 0 Å². The maximum Gasteiger partial charge on any atom is 0.240 e. The van der Waals surface area contributed by atoms with Crippen LogP contribution in [0.3, 0.4) is 0 Å². The summed E-state index contributed by atoms with van der Waals surface area (Å²) in [6.07, 6.45) is 0. The van der Waals surface area contributed by atoms with Gasteiger partial charge in [-0.25, -0.2) is 17.9 Å². The highest BCUT2D eigenvalue weighted by Crippen LogP contribution is 2.31. The number of anilines is 1. The molecule has 5 nitrogen and oxygen atoms in total. The van der Waals surface area contributed by atoms with Gasteiger partial charge in [0.05, 0.1) is 5.69 Å². The van der Waals surface area contributed by atoms with E-state index in [1.165, 1.54) is 36.4 Å². The standard InChI is InChI=1S/C12H11FN2O3S/c13-8-3-1-4-9(7-8)18-10-5-2-6-11(12(10)14)19(15,16)17/h1-7H,14H2,(H2,15,16,17). The molecule has 2 rings (SSSR count). The molecule has 0 unspecified atom stereocenters. The molecule has 0 amide bonds. The Morgan fingerprint density at radius 1 is 1.11 bits per heavy atom. The third-order valence-electron chi connectivity index (χ3n) is 2.36. The van der Waals surface area contributed by atoms with Crippen molar-refractivity contribution >= 4 is 15.7 Å². The molecular weight excluding hydrogens is 271 g/mol. The highest BCUT2D eigenvalue weighted by Gasteiger charge is 2.15. The lowest BCUT2D eigenvalue weighted by atomic mass is 10.3. The lowest BCUT2D eigenvalue weighted by Gasteiger charge is -2.10. The lowest BCUT2D eigenvalue weighted by Crippen LogP contribution is -2.14. The molecule has 4 N–H and O–H groups in total. The van der Waals surface area contributed by atoms with Gasteiger partial charge in [-0.15, -0.1) is 0 Å². The number of halogens is 1. The van der Waals surface area contributed by atoms with Gasteiger partial charge in [0, 0.05) is 6.07 Å². The van der Waals surface area contributed by atoms with Crippen LogP contribution in [0.4, 0.5) is 10.1 Å². The molecule has 2 aromatic rings. The number of para-hydroxylation sites is 1. The lowest BCUT2D eigenvalue weighted by molar-refractivity contribution is 0.477. The van der Waals surface area contributed by atoms with Crippen LogP contribution in [0.2, 0.25) is 0 Å². The Hall–Kier alpha value is -2.12. The molecule has 19 heavy (non-hydrogen) atoms. The first-order valence-corrected chi connectivity index (χ1v) is 6.77. The molecule has 7 heteroatoms. The number of sulfonamides is 1. The number of nitrogens with two attached hydrogens (primary N) is 2. The fourth-order valence-corrected chi connectivity index (χ4v) is 2.19. The fourth-order valence-electron chi connectivity index (χ4n) is 1.52. The van der Waals surface area contributed by atoms with E-state index in [9.17, 15) is 12.8 Å². The van der Waals surface area contributed by atoms with Crippen molar-refractivity contribution in [3.8, 4) is 11.5 Å². The Balaban J connectivity index is 2.42. The quantitative estimate of drug-likeness (QED) is 0.840. The van der Waals surface area contributed by atoms with E-state index in [2.05, 4.69) is 0 Å². The first-order chi connectivity index (χ1) is 8.88. The average molecular weight is 282 g/mol. The molecule has 0 saturated carbocycles. The molecule has 0 bridgehead atoms. The van der Waals surface area contributed by atoms with Gasteiger partial charge in [0.15, 0.2) is 5.75 Å². The van der Waals surface area contributed by atoms with Gasteiger partial charge in [0.1, 0.15) is 16.5 Å². The molecule has 0 aliphatic carbocycles. The smallest absolute Gasteiger partial charge is 0.240 e. The molecule has 0 saturated heterocycles. The number of primary sulfonamides is 1. The third kappa shape index (κ3) is 3.01. The summed E-state index contributed by atoms with van der Waals surface area (Å²) in [6, 6.07) is 9.57. The molecule has 2 aromatic carbocycles. The van der Waals surface area contributed by atoms with Crippen LogP contribution >= 0.6 is 0 Å². The maximum atomic E-state index is 13.0. The Kier molecular flexibility index (Phi) is 3.41. The number of rotatable bonds is 3. The van der Waals surface area contributed by atoms with Crippen molar-refractivity contribution in [2.24, 2.45) is 5.14 Å². The summed E-state index contributed by atoms with van der Waals surface area (Å²) in [5.74, 6) is -0.172. The zero-order valence-electron chi connectivity index (χ0n) is 9.71. The van der Waals surface area contributed by atoms with E-state index in [0.29, 0.717) is 0 Å². The van der Waals surface area contributed by atoms with Crippen molar-refractivity contribution in [1.29, 1.82) is 0 Å². The van der Waals surface area contributed by atoms with Gasteiger partial charge >= 0.3 is 0 Å². The van der Waals surface area contributed by atoms with Crippen LogP contribution in [-0.2, 0) is 10.0 Å². The van der Waals surface area contributed by atoms with Crippen LogP contribution in [0.1, 0.15) is 0 Å². The van der Waals surface area contributed by atoms with Gasteiger partial charge in [0.2, 0.25) is 10.0 Å². The van der Waals surface area contributed by atoms with Crippen LogP contribution in [0.5, 0.6) is 11.5 Å². The minimum absolute atomic E-state index is 0.0946. The second-order valence-electron chi connectivity index (χ2n) is 3.77. The Morgan fingerprint density at radius 3 is 2.42 bits per heavy atom. The molecule has 0 aliphatic rings. The second kappa shape index (κ2) is 4.87. The summed E-state index contributed by atoms with van der Waals surface area (Å²) in [5, 5.41) is 5.02. The van der Waals surface area contributed by atoms with E-state index < -0.39 is 15.8 Å². The molecule has 0 aromatic heterocycles. The summed E-state index contributed by atoms with van der Waals surface area (Å²) in [4.78, 5) is -0.235. The van der Waals surface area contributed by atoms with Crippen LogP contribution < -0.4 is 15.6 Å². The number of hydrogen-bond acceptors (Lipinski definition) is 4. The Labute approximate surface area is 109 Å². The van der Waals surface area contributed by atoms with Crippen LogP contribution in [0.15, 0.2) is 47.4 Å². The number of nitrogen functional groups attached to an aromatic ring is 1. The summed E-state index contributed by atoms with van der Waals surface area (Å²) < 4.78 is 40.9. The molecule has 100 valence electrons. The zero-order valence-corrected chi connectivity index (χ0v) is 10.5. The topological polar surface area (TPSA) is 95.4 Å². The fraction of sp³-hybridized carbons (Fsp3) is 0. The third-order valence-corrected chi connectivity index (χ3v) is 3.33. The number of hydrogen-bond donors (Lipinski definition) is 2. The van der Waals surface area contributed by atoms with Crippen molar-refractivity contribution in [3.05, 3.63) is 48.3 Å². The Morgan fingerprint density at radius 2 is 1.79 bits per heavy atom. The molecule has 0 radical (unpaired) electrons. The van der Waals surface area contributed by atoms with Crippen molar-refractivity contribution in [2.45, 2.75) is 4.90 Å². The van der Waals surface area contributed by atoms with Gasteiger partial charge in [-0.1, -0.05) is 12.1 Å². The van der Waals surface area contributed by atoms with Gasteiger partial charge in [-0.3, -0.25) is 0 Å². The summed E-state index contributed by atoms with van der Waals surface area (Å²) in [6.45, 7) is 0.